The number of hydrogen-bond donors (Lipinski definition) is 0. The van der Waals surface area contributed by atoms with Crippen molar-refractivity contribution in [2.45, 2.75) is 290 Å². The maximum atomic E-state index is 12.8. The molecule has 58 heavy (non-hydrogen) atoms. The van der Waals surface area contributed by atoms with Gasteiger partial charge in [-0.3, -0.25) is 14.4 Å². The lowest BCUT2D eigenvalue weighted by Crippen LogP contribution is -2.30. The average Bonchev–Trinajstić information content (AvgIpc) is 3.22. The molecule has 0 unspecified atom stereocenters. The lowest BCUT2D eigenvalue weighted by Gasteiger charge is -2.18. The molecule has 0 saturated heterocycles. The summed E-state index contributed by atoms with van der Waals surface area (Å²) in [7, 11) is 0. The van der Waals surface area contributed by atoms with Crippen LogP contribution in [0.4, 0.5) is 0 Å². The highest BCUT2D eigenvalue weighted by atomic mass is 16.6. The van der Waals surface area contributed by atoms with Gasteiger partial charge in [-0.25, -0.2) is 0 Å². The predicted octanol–water partition coefficient (Wildman–Crippen LogP) is 16.6. The molecule has 0 aromatic rings. The van der Waals surface area contributed by atoms with Gasteiger partial charge in [0.2, 0.25) is 0 Å². The van der Waals surface area contributed by atoms with Crippen molar-refractivity contribution < 1.29 is 28.6 Å². The molecule has 0 fully saturated rings. The first kappa shape index (κ1) is 56.1. The van der Waals surface area contributed by atoms with E-state index in [2.05, 4.69) is 32.9 Å². The van der Waals surface area contributed by atoms with Crippen molar-refractivity contribution in [1.29, 1.82) is 0 Å². The number of allylic oxidation sites excluding steroid dienone is 2. The number of hydrogen-bond acceptors (Lipinski definition) is 6. The van der Waals surface area contributed by atoms with Gasteiger partial charge in [-0.2, -0.15) is 0 Å². The van der Waals surface area contributed by atoms with Crippen LogP contribution in [-0.2, 0) is 28.6 Å². The standard InChI is InChI=1S/C52H98O6/c1-4-7-10-13-16-19-22-24-25-26-27-28-31-34-37-40-43-46-52(55)58-49(47-56-50(53)44-41-38-35-32-29-21-18-15-12-9-6-3)48-57-51(54)45-42-39-36-33-30-23-20-17-14-11-8-5-2/h15,18,49H,4-14,16-17,19-48H2,1-3H3/t49-/m0/s1. The van der Waals surface area contributed by atoms with Gasteiger partial charge in [0.15, 0.2) is 6.10 Å². The van der Waals surface area contributed by atoms with Gasteiger partial charge in [-0.1, -0.05) is 238 Å². The molecule has 0 N–H and O–H groups in total. The molecule has 0 aromatic heterocycles. The third-order valence-electron chi connectivity index (χ3n) is 11.5. The van der Waals surface area contributed by atoms with Gasteiger partial charge in [0.25, 0.3) is 0 Å². The summed E-state index contributed by atoms with van der Waals surface area (Å²) in [6.45, 7) is 6.62. The molecule has 342 valence electrons. The predicted molar refractivity (Wildman–Crippen MR) is 247 cm³/mol. The zero-order chi connectivity index (χ0) is 42.3. The number of carbonyl (C=O) groups excluding carboxylic acids is 3. The molecular weight excluding hydrogens is 721 g/mol. The Morgan fingerprint density at radius 3 is 0.914 bits per heavy atom. The van der Waals surface area contributed by atoms with E-state index < -0.39 is 6.10 Å². The number of unbranched alkanes of at least 4 members (excludes halogenated alkanes) is 34. The van der Waals surface area contributed by atoms with E-state index in [1.54, 1.807) is 0 Å². The van der Waals surface area contributed by atoms with Gasteiger partial charge < -0.3 is 14.2 Å². The first-order valence-electron chi connectivity index (χ1n) is 25.7. The van der Waals surface area contributed by atoms with Crippen molar-refractivity contribution in [1.82, 2.24) is 0 Å². The Labute approximate surface area is 360 Å². The molecule has 0 bridgehead atoms. The van der Waals surface area contributed by atoms with Crippen molar-refractivity contribution in [2.24, 2.45) is 0 Å². The van der Waals surface area contributed by atoms with Gasteiger partial charge in [0.05, 0.1) is 0 Å². The van der Waals surface area contributed by atoms with E-state index in [9.17, 15) is 14.4 Å². The Bertz CT molecular complexity index is 900. The minimum atomic E-state index is -0.765. The molecule has 1 atom stereocenters. The SMILES string of the molecule is CCCCC=CCCCCCCCC(=O)OC[C@@H](COC(=O)CCCCCCCCCCCCCC)OC(=O)CCCCCCCCCCCCCCCCCCC. The van der Waals surface area contributed by atoms with E-state index in [0.29, 0.717) is 19.3 Å². The number of carbonyl (C=O) groups is 3. The second kappa shape index (κ2) is 47.8. The van der Waals surface area contributed by atoms with Crippen LogP contribution in [0.5, 0.6) is 0 Å². The van der Waals surface area contributed by atoms with Crippen LogP contribution in [-0.4, -0.2) is 37.2 Å². The summed E-state index contributed by atoms with van der Waals surface area (Å²) in [5.74, 6) is -0.862. The molecule has 6 heteroatoms. The highest BCUT2D eigenvalue weighted by Gasteiger charge is 2.19. The second-order valence-electron chi connectivity index (χ2n) is 17.4. The molecule has 0 heterocycles. The maximum Gasteiger partial charge on any atom is 0.306 e. The van der Waals surface area contributed by atoms with Crippen LogP contribution in [0.15, 0.2) is 12.2 Å². The highest BCUT2D eigenvalue weighted by Crippen LogP contribution is 2.16. The number of rotatable bonds is 47. The zero-order valence-electron chi connectivity index (χ0n) is 39.1. The summed E-state index contributed by atoms with van der Waals surface area (Å²) in [5.41, 5.74) is 0. The minimum absolute atomic E-state index is 0.0674. The maximum absolute atomic E-state index is 12.8. The molecule has 0 aromatic carbocycles. The fraction of sp³-hybridized carbons (Fsp3) is 0.904. The Hall–Kier alpha value is -1.85. The first-order valence-corrected chi connectivity index (χ1v) is 25.7. The molecule has 0 amide bonds. The largest absolute Gasteiger partial charge is 0.462 e. The topological polar surface area (TPSA) is 78.9 Å². The number of ether oxygens (including phenoxy) is 3. The molecule has 0 saturated carbocycles. The summed E-state index contributed by atoms with van der Waals surface area (Å²) in [4.78, 5) is 37.9. The Morgan fingerprint density at radius 2 is 0.586 bits per heavy atom. The quantitative estimate of drug-likeness (QED) is 0.0263. The number of esters is 3. The van der Waals surface area contributed by atoms with E-state index in [-0.39, 0.29) is 31.1 Å². The Morgan fingerprint density at radius 1 is 0.328 bits per heavy atom. The molecule has 0 aliphatic carbocycles. The lowest BCUT2D eigenvalue weighted by atomic mass is 10.0. The fourth-order valence-electron chi connectivity index (χ4n) is 7.60. The van der Waals surface area contributed by atoms with E-state index in [1.807, 2.05) is 0 Å². The van der Waals surface area contributed by atoms with Crippen LogP contribution < -0.4 is 0 Å². The first-order chi connectivity index (χ1) is 28.5. The molecule has 0 spiro atoms. The van der Waals surface area contributed by atoms with Crippen molar-refractivity contribution in [2.75, 3.05) is 13.2 Å². The van der Waals surface area contributed by atoms with Crippen LogP contribution in [0.1, 0.15) is 284 Å². The Balaban J connectivity index is 4.30. The van der Waals surface area contributed by atoms with E-state index in [0.717, 1.165) is 64.2 Å². The molecule has 0 rings (SSSR count). The lowest BCUT2D eigenvalue weighted by molar-refractivity contribution is -0.167. The van der Waals surface area contributed by atoms with Crippen LogP contribution in [0.3, 0.4) is 0 Å². The molecule has 0 aliphatic rings. The zero-order valence-corrected chi connectivity index (χ0v) is 39.1. The van der Waals surface area contributed by atoms with Gasteiger partial charge >= 0.3 is 17.9 Å². The third-order valence-corrected chi connectivity index (χ3v) is 11.5. The molecule has 0 radical (unpaired) electrons. The molecular formula is C52H98O6. The molecule has 6 nitrogen and oxygen atoms in total. The van der Waals surface area contributed by atoms with Crippen LogP contribution >= 0.6 is 0 Å². The average molecular weight is 819 g/mol. The smallest absolute Gasteiger partial charge is 0.306 e. The van der Waals surface area contributed by atoms with Crippen molar-refractivity contribution in [3.63, 3.8) is 0 Å². The van der Waals surface area contributed by atoms with Crippen LogP contribution in [0.25, 0.3) is 0 Å². The summed E-state index contributed by atoms with van der Waals surface area (Å²) in [6, 6.07) is 0. The van der Waals surface area contributed by atoms with Gasteiger partial charge in [0.1, 0.15) is 13.2 Å². The van der Waals surface area contributed by atoms with Gasteiger partial charge in [-0.15, -0.1) is 0 Å². The van der Waals surface area contributed by atoms with Gasteiger partial charge in [0, 0.05) is 19.3 Å². The van der Waals surface area contributed by atoms with E-state index in [1.165, 1.54) is 180 Å². The Kier molecular flexibility index (Phi) is 46.3. The monoisotopic (exact) mass is 819 g/mol. The second-order valence-corrected chi connectivity index (χ2v) is 17.4. The summed E-state index contributed by atoms with van der Waals surface area (Å²) >= 11 is 0. The van der Waals surface area contributed by atoms with E-state index in [4.69, 9.17) is 14.2 Å². The van der Waals surface area contributed by atoms with Crippen molar-refractivity contribution in [3.05, 3.63) is 12.2 Å². The molecule has 0 aliphatic heterocycles. The van der Waals surface area contributed by atoms with Crippen LogP contribution in [0.2, 0.25) is 0 Å². The summed E-state index contributed by atoms with van der Waals surface area (Å²) in [6.07, 6.45) is 51.9. The van der Waals surface area contributed by atoms with E-state index >= 15 is 0 Å². The highest BCUT2D eigenvalue weighted by molar-refractivity contribution is 5.71. The fourth-order valence-corrected chi connectivity index (χ4v) is 7.60. The van der Waals surface area contributed by atoms with Crippen LogP contribution in [0, 0.1) is 0 Å². The van der Waals surface area contributed by atoms with Crippen molar-refractivity contribution in [3.8, 4) is 0 Å². The normalized spacial score (nSPS) is 12.0. The summed E-state index contributed by atoms with van der Waals surface area (Å²) < 4.78 is 16.8. The summed E-state index contributed by atoms with van der Waals surface area (Å²) in [5, 5.41) is 0. The van der Waals surface area contributed by atoms with Gasteiger partial charge in [-0.05, 0) is 38.5 Å². The minimum Gasteiger partial charge on any atom is -0.462 e. The van der Waals surface area contributed by atoms with Crippen molar-refractivity contribution >= 4 is 17.9 Å². The third kappa shape index (κ3) is 45.2.